The third kappa shape index (κ3) is 5.09. The maximum Gasteiger partial charge on any atom is 0.124 e. The summed E-state index contributed by atoms with van der Waals surface area (Å²) in [4.78, 5) is 4.12. The molecule has 0 unspecified atom stereocenters. The number of nitrogens with one attached hydrogen (secondary N) is 2. The number of aromatic nitrogens is 2. The Bertz CT molecular complexity index is 757. The van der Waals surface area contributed by atoms with Gasteiger partial charge in [-0.25, -0.2) is 10.4 Å². The number of hydrogen-bond donors (Lipinski definition) is 2. The zero-order valence-corrected chi connectivity index (χ0v) is 14.5. The van der Waals surface area contributed by atoms with Gasteiger partial charge in [0.05, 0.1) is 19.5 Å². The molecule has 0 bridgehead atoms. The van der Waals surface area contributed by atoms with Crippen LogP contribution in [-0.4, -0.2) is 16.2 Å². The Labute approximate surface area is 148 Å². The Morgan fingerprint density at radius 1 is 1.12 bits per heavy atom. The lowest BCUT2D eigenvalue weighted by atomic mass is 10.1. The van der Waals surface area contributed by atoms with Crippen molar-refractivity contribution in [3.05, 3.63) is 78.4 Å². The van der Waals surface area contributed by atoms with Crippen LogP contribution in [-0.2, 0) is 13.1 Å². The van der Waals surface area contributed by atoms with Crippen LogP contribution in [0.3, 0.4) is 0 Å². The van der Waals surface area contributed by atoms with Crippen LogP contribution in [0.1, 0.15) is 24.5 Å². The van der Waals surface area contributed by atoms with Crippen molar-refractivity contribution in [2.75, 3.05) is 12.0 Å². The van der Waals surface area contributed by atoms with Crippen LogP contribution in [0, 0.1) is 0 Å². The Morgan fingerprint density at radius 2 is 2.00 bits per heavy atom. The molecule has 0 atom stereocenters. The average Bonchev–Trinajstić information content (AvgIpc) is 3.15. The van der Waals surface area contributed by atoms with Crippen LogP contribution < -0.4 is 15.6 Å². The molecule has 3 aromatic rings. The molecule has 25 heavy (non-hydrogen) atoms. The summed E-state index contributed by atoms with van der Waals surface area (Å²) in [6.07, 6.45) is 6.58. The highest BCUT2D eigenvalue weighted by Gasteiger charge is 2.06. The number of hydrazine groups is 1. The summed E-state index contributed by atoms with van der Waals surface area (Å²) in [6, 6.07) is 16.4. The summed E-state index contributed by atoms with van der Waals surface area (Å²) in [5, 5.41) is 0. The van der Waals surface area contributed by atoms with Crippen molar-refractivity contribution >= 4 is 5.69 Å². The first-order valence-electron chi connectivity index (χ1n) is 8.59. The van der Waals surface area contributed by atoms with Gasteiger partial charge in [0.2, 0.25) is 0 Å². The minimum atomic E-state index is 0.722. The van der Waals surface area contributed by atoms with Gasteiger partial charge in [0.1, 0.15) is 5.75 Å². The molecule has 5 heteroatoms. The normalized spacial score (nSPS) is 10.6. The second-order valence-corrected chi connectivity index (χ2v) is 5.87. The third-order valence-corrected chi connectivity index (χ3v) is 3.80. The van der Waals surface area contributed by atoms with E-state index in [0.29, 0.717) is 0 Å². The van der Waals surface area contributed by atoms with Gasteiger partial charge in [-0.15, -0.1) is 0 Å². The van der Waals surface area contributed by atoms with Crippen molar-refractivity contribution < 1.29 is 4.74 Å². The maximum absolute atomic E-state index is 5.89. The summed E-state index contributed by atoms with van der Waals surface area (Å²) in [6.45, 7) is 4.31. The quantitative estimate of drug-likeness (QED) is 0.583. The van der Waals surface area contributed by atoms with Gasteiger partial charge >= 0.3 is 0 Å². The van der Waals surface area contributed by atoms with Crippen molar-refractivity contribution in [3.63, 3.8) is 0 Å². The first-order chi connectivity index (χ1) is 12.3. The summed E-state index contributed by atoms with van der Waals surface area (Å²) in [5.74, 6) is 0.940. The molecule has 0 radical (unpaired) electrons. The molecular weight excluding hydrogens is 312 g/mol. The van der Waals surface area contributed by atoms with Crippen LogP contribution >= 0.6 is 0 Å². The minimum absolute atomic E-state index is 0.722. The standard InChI is InChI=1S/C20H24N4O/c1-2-12-25-20-9-8-17(13-18(20)15-24-11-10-21-16-24)14-22-23-19-6-4-3-5-7-19/h3-11,13,16,22-23H,2,12,14-15H2,1H3. The SMILES string of the molecule is CCCOc1ccc(CNNc2ccccc2)cc1Cn1ccnc1. The molecule has 0 amide bonds. The molecule has 0 saturated heterocycles. The first-order valence-corrected chi connectivity index (χ1v) is 8.59. The average molecular weight is 336 g/mol. The molecule has 2 N–H and O–H groups in total. The first kappa shape index (κ1) is 17.0. The third-order valence-electron chi connectivity index (χ3n) is 3.80. The second kappa shape index (κ2) is 8.89. The Kier molecular flexibility index (Phi) is 6.06. The summed E-state index contributed by atoms with van der Waals surface area (Å²) >= 11 is 0. The van der Waals surface area contributed by atoms with E-state index in [4.69, 9.17) is 4.74 Å². The zero-order valence-electron chi connectivity index (χ0n) is 14.5. The van der Waals surface area contributed by atoms with E-state index in [2.05, 4.69) is 41.0 Å². The highest BCUT2D eigenvalue weighted by Crippen LogP contribution is 2.22. The van der Waals surface area contributed by atoms with Crippen LogP contribution in [0.15, 0.2) is 67.3 Å². The highest BCUT2D eigenvalue weighted by atomic mass is 16.5. The van der Waals surface area contributed by atoms with Crippen LogP contribution in [0.4, 0.5) is 5.69 Å². The molecule has 0 aliphatic rings. The number of para-hydroxylation sites is 1. The number of hydrogen-bond acceptors (Lipinski definition) is 4. The molecule has 1 heterocycles. The van der Waals surface area contributed by atoms with Gasteiger partial charge in [-0.05, 0) is 36.2 Å². The van der Waals surface area contributed by atoms with E-state index in [1.807, 2.05) is 47.4 Å². The molecule has 1 aromatic heterocycles. The maximum atomic E-state index is 5.89. The van der Waals surface area contributed by atoms with E-state index in [1.165, 1.54) is 5.56 Å². The molecule has 2 aromatic carbocycles. The van der Waals surface area contributed by atoms with E-state index in [9.17, 15) is 0 Å². The Balaban J connectivity index is 1.67. The number of benzene rings is 2. The van der Waals surface area contributed by atoms with Crippen molar-refractivity contribution in [3.8, 4) is 5.75 Å². The summed E-state index contributed by atoms with van der Waals surface area (Å²) < 4.78 is 7.94. The number of ether oxygens (including phenoxy) is 1. The number of rotatable bonds is 9. The lowest BCUT2D eigenvalue weighted by molar-refractivity contribution is 0.313. The fraction of sp³-hybridized carbons (Fsp3) is 0.250. The van der Waals surface area contributed by atoms with E-state index < -0.39 is 0 Å². The molecule has 5 nitrogen and oxygen atoms in total. The number of imidazole rings is 1. The molecule has 3 rings (SSSR count). The predicted molar refractivity (Wildman–Crippen MR) is 100 cm³/mol. The Morgan fingerprint density at radius 3 is 2.76 bits per heavy atom. The fourth-order valence-corrected chi connectivity index (χ4v) is 2.57. The van der Waals surface area contributed by atoms with E-state index >= 15 is 0 Å². The number of nitrogens with zero attached hydrogens (tertiary/aromatic N) is 2. The van der Waals surface area contributed by atoms with E-state index in [1.54, 1.807) is 6.20 Å². The van der Waals surface area contributed by atoms with Gasteiger partial charge in [0.25, 0.3) is 0 Å². The molecule has 0 aliphatic carbocycles. The van der Waals surface area contributed by atoms with Gasteiger partial charge < -0.3 is 14.7 Å². The molecule has 130 valence electrons. The predicted octanol–water partition coefficient (Wildman–Crippen LogP) is 3.84. The minimum Gasteiger partial charge on any atom is -0.493 e. The van der Waals surface area contributed by atoms with Gasteiger partial charge in [-0.3, -0.25) is 0 Å². The topological polar surface area (TPSA) is 51.1 Å². The molecule has 0 fully saturated rings. The highest BCUT2D eigenvalue weighted by molar-refractivity contribution is 5.42. The van der Waals surface area contributed by atoms with Crippen molar-refractivity contribution in [1.82, 2.24) is 15.0 Å². The van der Waals surface area contributed by atoms with Crippen molar-refractivity contribution in [2.45, 2.75) is 26.4 Å². The van der Waals surface area contributed by atoms with Crippen LogP contribution in [0.2, 0.25) is 0 Å². The molecule has 0 aliphatic heterocycles. The van der Waals surface area contributed by atoms with Crippen molar-refractivity contribution in [1.29, 1.82) is 0 Å². The van der Waals surface area contributed by atoms with Gasteiger partial charge in [0, 0.05) is 30.2 Å². The Hall–Kier alpha value is -2.79. The lowest BCUT2D eigenvalue weighted by Crippen LogP contribution is -2.20. The smallest absolute Gasteiger partial charge is 0.124 e. The van der Waals surface area contributed by atoms with Gasteiger partial charge in [0.15, 0.2) is 0 Å². The fourth-order valence-electron chi connectivity index (χ4n) is 2.57. The summed E-state index contributed by atoms with van der Waals surface area (Å²) in [7, 11) is 0. The van der Waals surface area contributed by atoms with Crippen molar-refractivity contribution in [2.24, 2.45) is 0 Å². The van der Waals surface area contributed by atoms with Gasteiger partial charge in [-0.1, -0.05) is 31.2 Å². The lowest BCUT2D eigenvalue weighted by Gasteiger charge is -2.14. The summed E-state index contributed by atoms with van der Waals surface area (Å²) in [5.41, 5.74) is 9.87. The molecule has 0 spiro atoms. The molecule has 0 saturated carbocycles. The molecular formula is C20H24N4O. The zero-order chi connectivity index (χ0) is 17.3. The van der Waals surface area contributed by atoms with Gasteiger partial charge in [-0.2, -0.15) is 0 Å². The van der Waals surface area contributed by atoms with E-state index in [-0.39, 0.29) is 0 Å². The van der Waals surface area contributed by atoms with Crippen LogP contribution in [0.25, 0.3) is 0 Å². The second-order valence-electron chi connectivity index (χ2n) is 5.87. The monoisotopic (exact) mass is 336 g/mol. The largest absolute Gasteiger partial charge is 0.493 e. The van der Waals surface area contributed by atoms with E-state index in [0.717, 1.165) is 43.1 Å². The number of anilines is 1. The van der Waals surface area contributed by atoms with Crippen LogP contribution in [0.5, 0.6) is 5.75 Å².